The van der Waals surface area contributed by atoms with E-state index in [4.69, 9.17) is 0 Å². The molecule has 33 heavy (non-hydrogen) atoms. The Balaban J connectivity index is 1.51. The molecule has 1 aromatic carbocycles. The second-order valence-corrected chi connectivity index (χ2v) is 9.19. The average molecular weight is 461 g/mol. The number of nitrogens with zero attached hydrogens (tertiary/aromatic N) is 4. The summed E-state index contributed by atoms with van der Waals surface area (Å²) in [4.78, 5) is 37.3. The van der Waals surface area contributed by atoms with Crippen LogP contribution in [0.1, 0.15) is 21.3 Å². The van der Waals surface area contributed by atoms with Gasteiger partial charge in [-0.2, -0.15) is 0 Å². The molecule has 1 amide bonds. The number of amides is 1. The number of aliphatic hydroxyl groups excluding tert-OH is 1. The fraction of sp³-hybridized carbons (Fsp3) is 0.240. The van der Waals surface area contributed by atoms with E-state index in [0.717, 1.165) is 31.9 Å². The highest BCUT2D eigenvalue weighted by Crippen LogP contribution is 2.42. The molecule has 0 saturated carbocycles. The number of likely N-dealkylation sites (N-methyl/N-ethyl adjacent to an activating group) is 1. The quantitative estimate of drug-likeness (QED) is 0.586. The lowest BCUT2D eigenvalue weighted by molar-refractivity contribution is -0.117. The van der Waals surface area contributed by atoms with Crippen molar-refractivity contribution in [2.75, 3.05) is 43.0 Å². The van der Waals surface area contributed by atoms with Gasteiger partial charge in [-0.05, 0) is 54.4 Å². The smallest absolute Gasteiger partial charge is 0.294 e. The van der Waals surface area contributed by atoms with Gasteiger partial charge in [0.15, 0.2) is 5.76 Å². The number of ketones is 1. The Labute approximate surface area is 196 Å². The Morgan fingerprint density at radius 1 is 1.03 bits per heavy atom. The Kier molecular flexibility index (Phi) is 5.70. The van der Waals surface area contributed by atoms with Gasteiger partial charge >= 0.3 is 0 Å². The van der Waals surface area contributed by atoms with Gasteiger partial charge in [-0.25, -0.2) is 0 Å². The van der Waals surface area contributed by atoms with Crippen LogP contribution in [0.2, 0.25) is 0 Å². The molecule has 5 rings (SSSR count). The molecule has 168 valence electrons. The van der Waals surface area contributed by atoms with Crippen molar-refractivity contribution in [3.05, 3.63) is 88.1 Å². The molecule has 0 spiro atoms. The van der Waals surface area contributed by atoms with Crippen LogP contribution in [0.25, 0.3) is 0 Å². The second-order valence-electron chi connectivity index (χ2n) is 8.24. The molecule has 7 nitrogen and oxygen atoms in total. The number of carbonyl (C=O) groups is 2. The van der Waals surface area contributed by atoms with Gasteiger partial charge in [0.05, 0.1) is 16.5 Å². The van der Waals surface area contributed by atoms with Crippen LogP contribution in [-0.2, 0) is 4.79 Å². The standard InChI is InChI=1S/C25H24N4O3S/c1-27-11-13-28(14-12-27)18-6-8-19(9-7-18)29-22(17-4-2-10-26-16-17)21(24(31)25(29)32)23(30)20-5-3-15-33-20/h2-10,15-16,22,31H,11-14H2,1H3. The minimum absolute atomic E-state index is 0.0820. The van der Waals surface area contributed by atoms with Crippen molar-refractivity contribution in [2.45, 2.75) is 6.04 Å². The van der Waals surface area contributed by atoms with Crippen molar-refractivity contribution in [1.29, 1.82) is 0 Å². The minimum Gasteiger partial charge on any atom is -0.503 e. The summed E-state index contributed by atoms with van der Waals surface area (Å²) >= 11 is 1.28. The van der Waals surface area contributed by atoms with Crippen molar-refractivity contribution in [3.8, 4) is 0 Å². The zero-order valence-electron chi connectivity index (χ0n) is 18.2. The molecule has 1 atom stereocenters. The van der Waals surface area contributed by atoms with Gasteiger partial charge < -0.3 is 14.9 Å². The maximum absolute atomic E-state index is 13.3. The summed E-state index contributed by atoms with van der Waals surface area (Å²) in [5.74, 6) is -1.44. The molecule has 1 N–H and O–H groups in total. The normalized spacial score (nSPS) is 19.4. The van der Waals surface area contributed by atoms with Gasteiger partial charge in [0.1, 0.15) is 0 Å². The average Bonchev–Trinajstić information content (AvgIpc) is 3.47. The van der Waals surface area contributed by atoms with Gasteiger partial charge in [0.25, 0.3) is 5.91 Å². The van der Waals surface area contributed by atoms with E-state index >= 15 is 0 Å². The van der Waals surface area contributed by atoms with Gasteiger partial charge in [-0.3, -0.25) is 19.5 Å². The molecule has 8 heteroatoms. The third-order valence-corrected chi connectivity index (χ3v) is 7.06. The van der Waals surface area contributed by atoms with E-state index in [1.54, 1.807) is 36.0 Å². The van der Waals surface area contributed by atoms with Gasteiger partial charge in [0, 0.05) is 49.9 Å². The molecule has 4 heterocycles. The number of aromatic nitrogens is 1. The summed E-state index contributed by atoms with van der Waals surface area (Å²) in [6.07, 6.45) is 3.27. The third-order valence-electron chi connectivity index (χ3n) is 6.19. The van der Waals surface area contributed by atoms with Crippen molar-refractivity contribution in [1.82, 2.24) is 9.88 Å². The van der Waals surface area contributed by atoms with Crippen LogP contribution >= 0.6 is 11.3 Å². The first-order valence-corrected chi connectivity index (χ1v) is 11.7. The first-order valence-electron chi connectivity index (χ1n) is 10.8. The summed E-state index contributed by atoms with van der Waals surface area (Å²) in [5, 5.41) is 12.6. The molecular weight excluding hydrogens is 436 g/mol. The number of thiophene rings is 1. The highest BCUT2D eigenvalue weighted by molar-refractivity contribution is 7.12. The van der Waals surface area contributed by atoms with Crippen LogP contribution in [0, 0.1) is 0 Å². The monoisotopic (exact) mass is 460 g/mol. The Bertz CT molecular complexity index is 1180. The first-order chi connectivity index (χ1) is 16.0. The zero-order chi connectivity index (χ0) is 22.9. The number of hydrogen-bond acceptors (Lipinski definition) is 7. The summed E-state index contributed by atoms with van der Waals surface area (Å²) in [5.41, 5.74) is 2.45. The van der Waals surface area contributed by atoms with E-state index in [-0.39, 0.29) is 11.4 Å². The van der Waals surface area contributed by atoms with Crippen LogP contribution in [0.5, 0.6) is 0 Å². The van der Waals surface area contributed by atoms with Crippen molar-refractivity contribution in [3.63, 3.8) is 0 Å². The van der Waals surface area contributed by atoms with Crippen LogP contribution in [-0.4, -0.2) is 59.9 Å². The maximum atomic E-state index is 13.3. The van der Waals surface area contributed by atoms with E-state index in [2.05, 4.69) is 21.8 Å². The summed E-state index contributed by atoms with van der Waals surface area (Å²) < 4.78 is 0. The van der Waals surface area contributed by atoms with Gasteiger partial charge in [-0.1, -0.05) is 12.1 Å². The van der Waals surface area contributed by atoms with Crippen molar-refractivity contribution >= 4 is 34.4 Å². The molecule has 1 fully saturated rings. The Morgan fingerprint density at radius 2 is 1.76 bits per heavy atom. The van der Waals surface area contributed by atoms with E-state index < -0.39 is 17.7 Å². The van der Waals surface area contributed by atoms with Crippen molar-refractivity contribution < 1.29 is 14.7 Å². The second kappa shape index (κ2) is 8.80. The predicted molar refractivity (Wildman–Crippen MR) is 129 cm³/mol. The van der Waals surface area contributed by atoms with Gasteiger partial charge in [-0.15, -0.1) is 11.3 Å². The SMILES string of the molecule is CN1CCN(c2ccc(N3C(=O)C(O)=C(C(=O)c4cccs4)C3c3cccnc3)cc2)CC1. The summed E-state index contributed by atoms with van der Waals surface area (Å²) in [6, 6.07) is 14.0. The molecule has 1 saturated heterocycles. The molecule has 3 aromatic rings. The number of carbonyl (C=O) groups excluding carboxylic acids is 2. The lowest BCUT2D eigenvalue weighted by atomic mass is 9.96. The predicted octanol–water partition coefficient (Wildman–Crippen LogP) is 3.68. The number of benzene rings is 1. The summed E-state index contributed by atoms with van der Waals surface area (Å²) in [7, 11) is 2.12. The van der Waals surface area contributed by atoms with Crippen LogP contribution in [0.15, 0.2) is 77.6 Å². The highest BCUT2D eigenvalue weighted by Gasteiger charge is 2.45. The number of anilines is 2. The maximum Gasteiger partial charge on any atom is 0.294 e. The number of Topliss-reactive ketones (excluding diaryl/α,β-unsaturated/α-hetero) is 1. The van der Waals surface area contributed by atoms with E-state index in [1.807, 2.05) is 30.3 Å². The Hall–Kier alpha value is -3.49. The van der Waals surface area contributed by atoms with Crippen LogP contribution < -0.4 is 9.80 Å². The molecule has 0 radical (unpaired) electrons. The lowest BCUT2D eigenvalue weighted by Crippen LogP contribution is -2.44. The van der Waals surface area contributed by atoms with E-state index in [1.165, 1.54) is 16.2 Å². The topological polar surface area (TPSA) is 77.0 Å². The van der Waals surface area contributed by atoms with Crippen molar-refractivity contribution in [2.24, 2.45) is 0 Å². The van der Waals surface area contributed by atoms with E-state index in [0.29, 0.717) is 16.1 Å². The lowest BCUT2D eigenvalue weighted by Gasteiger charge is -2.34. The molecule has 0 bridgehead atoms. The molecule has 2 aliphatic heterocycles. The summed E-state index contributed by atoms with van der Waals surface area (Å²) in [6.45, 7) is 3.89. The van der Waals surface area contributed by atoms with Crippen LogP contribution in [0.3, 0.4) is 0 Å². The number of aliphatic hydroxyl groups is 1. The molecule has 1 unspecified atom stereocenters. The molecule has 2 aliphatic rings. The molecular formula is C25H24N4O3S. The molecule has 0 aliphatic carbocycles. The number of hydrogen-bond donors (Lipinski definition) is 1. The van der Waals surface area contributed by atoms with Gasteiger partial charge in [0.2, 0.25) is 5.78 Å². The number of pyridine rings is 1. The number of rotatable bonds is 5. The fourth-order valence-electron chi connectivity index (χ4n) is 4.39. The fourth-order valence-corrected chi connectivity index (χ4v) is 5.06. The molecule has 2 aromatic heterocycles. The third kappa shape index (κ3) is 3.92. The van der Waals surface area contributed by atoms with E-state index in [9.17, 15) is 14.7 Å². The highest BCUT2D eigenvalue weighted by atomic mass is 32.1. The largest absolute Gasteiger partial charge is 0.503 e. The van der Waals surface area contributed by atoms with Crippen LogP contribution in [0.4, 0.5) is 11.4 Å². The first kappa shape index (κ1) is 21.4. The Morgan fingerprint density at radius 3 is 2.39 bits per heavy atom. The minimum atomic E-state index is -0.754. The number of piperazine rings is 1. The zero-order valence-corrected chi connectivity index (χ0v) is 19.0.